The zero-order valence-electron chi connectivity index (χ0n) is 13.1. The van der Waals surface area contributed by atoms with Crippen LogP contribution in [0, 0.1) is 6.92 Å². The Morgan fingerprint density at radius 2 is 2.10 bits per heavy atom. The van der Waals surface area contributed by atoms with Crippen LogP contribution in [0.25, 0.3) is 0 Å². The van der Waals surface area contributed by atoms with Crippen LogP contribution in [0.2, 0.25) is 5.02 Å². The van der Waals surface area contributed by atoms with Crippen molar-refractivity contribution in [2.75, 3.05) is 18.5 Å². The van der Waals surface area contributed by atoms with Crippen LogP contribution in [0.4, 0.5) is 5.69 Å². The zero-order chi connectivity index (χ0) is 15.4. The Hall–Kier alpha value is -1.45. The molecule has 1 unspecified atom stereocenters. The van der Waals surface area contributed by atoms with E-state index in [1.54, 1.807) is 6.26 Å². The van der Waals surface area contributed by atoms with Crippen molar-refractivity contribution in [1.82, 2.24) is 5.32 Å². The first-order valence-electron chi connectivity index (χ1n) is 7.29. The fourth-order valence-electron chi connectivity index (χ4n) is 2.44. The number of nitrogens with one attached hydrogen (secondary N) is 1. The second kappa shape index (κ2) is 7.01. The van der Waals surface area contributed by atoms with E-state index in [0.29, 0.717) is 0 Å². The van der Waals surface area contributed by atoms with Crippen LogP contribution in [0.15, 0.2) is 34.9 Å². The normalized spacial score (nSPS) is 12.4. The van der Waals surface area contributed by atoms with Gasteiger partial charge in [-0.3, -0.25) is 0 Å². The summed E-state index contributed by atoms with van der Waals surface area (Å²) in [4.78, 5) is 2.17. The van der Waals surface area contributed by atoms with E-state index in [2.05, 4.69) is 43.2 Å². The van der Waals surface area contributed by atoms with E-state index in [0.717, 1.165) is 35.1 Å². The molecule has 4 heteroatoms. The van der Waals surface area contributed by atoms with Crippen LogP contribution in [0.5, 0.6) is 0 Å². The molecule has 2 aromatic rings. The van der Waals surface area contributed by atoms with Gasteiger partial charge in [0.1, 0.15) is 5.76 Å². The van der Waals surface area contributed by atoms with Gasteiger partial charge in [0.15, 0.2) is 0 Å². The van der Waals surface area contributed by atoms with E-state index in [-0.39, 0.29) is 6.04 Å². The lowest BCUT2D eigenvalue weighted by molar-refractivity contribution is 0.529. The molecule has 0 spiro atoms. The molecule has 0 fully saturated rings. The number of aryl methyl sites for hydroxylation is 1. The maximum atomic E-state index is 6.43. The summed E-state index contributed by atoms with van der Waals surface area (Å²) in [5.74, 6) is 0.963. The van der Waals surface area contributed by atoms with E-state index in [1.165, 1.54) is 5.56 Å². The molecule has 3 nitrogen and oxygen atoms in total. The van der Waals surface area contributed by atoms with Gasteiger partial charge in [0.25, 0.3) is 0 Å². The molecule has 0 saturated carbocycles. The summed E-state index contributed by atoms with van der Waals surface area (Å²) < 4.78 is 5.34. The topological polar surface area (TPSA) is 28.4 Å². The van der Waals surface area contributed by atoms with Gasteiger partial charge in [0.05, 0.1) is 6.26 Å². The van der Waals surface area contributed by atoms with Crippen molar-refractivity contribution in [3.63, 3.8) is 0 Å². The van der Waals surface area contributed by atoms with Gasteiger partial charge in [-0.25, -0.2) is 0 Å². The van der Waals surface area contributed by atoms with Crippen LogP contribution in [0.1, 0.15) is 36.8 Å². The first-order chi connectivity index (χ1) is 10.0. The number of hydrogen-bond donors (Lipinski definition) is 1. The quantitative estimate of drug-likeness (QED) is 0.849. The summed E-state index contributed by atoms with van der Waals surface area (Å²) in [6.45, 7) is 7.94. The third-order valence-corrected chi connectivity index (χ3v) is 4.10. The molecule has 0 saturated heterocycles. The SMILES string of the molecule is CCNC(C)c1ccc(N(C)Cc2ccoc2C)cc1Cl. The van der Waals surface area contributed by atoms with Gasteiger partial charge >= 0.3 is 0 Å². The van der Waals surface area contributed by atoms with Crippen LogP contribution in [0.3, 0.4) is 0 Å². The Morgan fingerprint density at radius 1 is 1.33 bits per heavy atom. The molecule has 0 aliphatic carbocycles. The van der Waals surface area contributed by atoms with E-state index < -0.39 is 0 Å². The molecule has 0 aliphatic heterocycles. The van der Waals surface area contributed by atoms with Gasteiger partial charge < -0.3 is 14.6 Å². The Morgan fingerprint density at radius 3 is 2.67 bits per heavy atom. The number of furan rings is 1. The van der Waals surface area contributed by atoms with Crippen molar-refractivity contribution in [3.05, 3.63) is 52.4 Å². The predicted octanol–water partition coefficient (Wildman–Crippen LogP) is 4.55. The van der Waals surface area contributed by atoms with Gasteiger partial charge in [0.2, 0.25) is 0 Å². The summed E-state index contributed by atoms with van der Waals surface area (Å²) in [7, 11) is 2.06. The molecule has 1 aromatic heterocycles. The van der Waals surface area contributed by atoms with Gasteiger partial charge in [-0.05, 0) is 44.2 Å². The molecule has 1 heterocycles. The standard InChI is InChI=1S/C17H23ClN2O/c1-5-19-12(2)16-7-6-15(10-17(16)18)20(4)11-14-8-9-21-13(14)3/h6-10,12,19H,5,11H2,1-4H3. The highest BCUT2D eigenvalue weighted by molar-refractivity contribution is 6.31. The molecule has 114 valence electrons. The largest absolute Gasteiger partial charge is 0.469 e. The molecule has 0 radical (unpaired) electrons. The maximum Gasteiger partial charge on any atom is 0.105 e. The highest BCUT2D eigenvalue weighted by atomic mass is 35.5. The number of rotatable bonds is 6. The second-order valence-corrected chi connectivity index (χ2v) is 5.75. The second-order valence-electron chi connectivity index (χ2n) is 5.34. The maximum absolute atomic E-state index is 6.43. The highest BCUT2D eigenvalue weighted by Gasteiger charge is 2.12. The summed E-state index contributed by atoms with van der Waals surface area (Å²) in [6.07, 6.45) is 1.73. The minimum absolute atomic E-state index is 0.262. The molecule has 1 N–H and O–H groups in total. The van der Waals surface area contributed by atoms with E-state index in [4.69, 9.17) is 16.0 Å². The molecule has 1 aromatic carbocycles. The van der Waals surface area contributed by atoms with Crippen LogP contribution in [-0.4, -0.2) is 13.6 Å². The summed E-state index contributed by atoms with van der Waals surface area (Å²) >= 11 is 6.43. The van der Waals surface area contributed by atoms with Crippen molar-refractivity contribution < 1.29 is 4.42 Å². The molecule has 0 amide bonds. The zero-order valence-corrected chi connectivity index (χ0v) is 13.9. The monoisotopic (exact) mass is 306 g/mol. The van der Waals surface area contributed by atoms with E-state index in [9.17, 15) is 0 Å². The Labute approximate surface area is 131 Å². The van der Waals surface area contributed by atoms with Gasteiger partial charge in [0, 0.05) is 35.9 Å². The molecule has 21 heavy (non-hydrogen) atoms. The van der Waals surface area contributed by atoms with Crippen molar-refractivity contribution in [2.45, 2.75) is 33.4 Å². The van der Waals surface area contributed by atoms with Gasteiger partial charge in [-0.15, -0.1) is 0 Å². The average molecular weight is 307 g/mol. The fraction of sp³-hybridized carbons (Fsp3) is 0.412. The van der Waals surface area contributed by atoms with Gasteiger partial charge in [-0.1, -0.05) is 24.6 Å². The number of halogens is 1. The van der Waals surface area contributed by atoms with Crippen molar-refractivity contribution >= 4 is 17.3 Å². The molecule has 0 aliphatic rings. The Kier molecular flexibility index (Phi) is 5.32. The minimum Gasteiger partial charge on any atom is -0.469 e. The van der Waals surface area contributed by atoms with Crippen LogP contribution < -0.4 is 10.2 Å². The highest BCUT2D eigenvalue weighted by Crippen LogP contribution is 2.28. The third-order valence-electron chi connectivity index (χ3n) is 3.78. The lowest BCUT2D eigenvalue weighted by Crippen LogP contribution is -2.19. The minimum atomic E-state index is 0.262. The number of nitrogens with zero attached hydrogens (tertiary/aromatic N) is 1. The molecular weight excluding hydrogens is 284 g/mol. The smallest absolute Gasteiger partial charge is 0.105 e. The molecule has 1 atom stereocenters. The first-order valence-corrected chi connectivity index (χ1v) is 7.67. The third kappa shape index (κ3) is 3.80. The van der Waals surface area contributed by atoms with Crippen molar-refractivity contribution in [1.29, 1.82) is 0 Å². The Bertz CT molecular complexity index is 594. The number of anilines is 1. The summed E-state index contributed by atoms with van der Waals surface area (Å²) in [6, 6.07) is 8.52. The van der Waals surface area contributed by atoms with Crippen LogP contribution >= 0.6 is 11.6 Å². The molecular formula is C17H23ClN2O. The lowest BCUT2D eigenvalue weighted by Gasteiger charge is -2.21. The van der Waals surface area contributed by atoms with E-state index >= 15 is 0 Å². The first kappa shape index (κ1) is 15.9. The lowest BCUT2D eigenvalue weighted by atomic mass is 10.1. The Balaban J connectivity index is 2.14. The number of hydrogen-bond acceptors (Lipinski definition) is 3. The molecule has 0 bridgehead atoms. The average Bonchev–Trinajstić information content (AvgIpc) is 2.84. The summed E-state index contributed by atoms with van der Waals surface area (Å²) in [5, 5.41) is 4.19. The van der Waals surface area contributed by atoms with E-state index in [1.807, 2.05) is 19.1 Å². The summed E-state index contributed by atoms with van der Waals surface area (Å²) in [5.41, 5.74) is 3.43. The molecule has 2 rings (SSSR count). The fourth-order valence-corrected chi connectivity index (χ4v) is 2.78. The van der Waals surface area contributed by atoms with Gasteiger partial charge in [-0.2, -0.15) is 0 Å². The van der Waals surface area contributed by atoms with Crippen LogP contribution in [-0.2, 0) is 6.54 Å². The number of benzene rings is 1. The predicted molar refractivity (Wildman–Crippen MR) is 89.1 cm³/mol. The van der Waals surface area contributed by atoms with Crippen molar-refractivity contribution in [3.8, 4) is 0 Å². The van der Waals surface area contributed by atoms with Crippen molar-refractivity contribution in [2.24, 2.45) is 0 Å².